The third kappa shape index (κ3) is 4.71. The first-order valence-corrected chi connectivity index (χ1v) is 8.08. The van der Waals surface area contributed by atoms with Crippen molar-refractivity contribution < 1.29 is 23.7 Å². The van der Waals surface area contributed by atoms with Gasteiger partial charge in [-0.05, 0) is 39.7 Å². The molecule has 1 fully saturated rings. The molecule has 9 heteroatoms. The Morgan fingerprint density at radius 3 is 2.40 bits per heavy atom. The van der Waals surface area contributed by atoms with E-state index in [2.05, 4.69) is 0 Å². The van der Waals surface area contributed by atoms with Crippen LogP contribution in [0.2, 0.25) is 0 Å². The van der Waals surface area contributed by atoms with E-state index in [1.165, 1.54) is 11.0 Å². The van der Waals surface area contributed by atoms with Crippen molar-refractivity contribution >= 4 is 17.9 Å². The molecular weight excluding hydrogens is 330 g/mol. The summed E-state index contributed by atoms with van der Waals surface area (Å²) in [7, 11) is 1.63. The van der Waals surface area contributed by atoms with Gasteiger partial charge in [-0.2, -0.15) is 0 Å². The smallest absolute Gasteiger partial charge is 0.433 e. The Hall–Kier alpha value is -2.58. The number of carbonyl (C=O) groups is 2. The van der Waals surface area contributed by atoms with Crippen molar-refractivity contribution in [2.24, 2.45) is 0 Å². The third-order valence-corrected chi connectivity index (χ3v) is 3.97. The standard InChI is InChI=1S/C16H23N3O6/c1-16(2,3)25-15(21)18-9-7-11(8-10-18)17(4)14(20)12-5-6-13(24-12)19(22)23/h5-6,11H,7-10H2,1-4H3. The number of ether oxygens (including phenoxy) is 1. The molecule has 0 saturated carbocycles. The van der Waals surface area contributed by atoms with Crippen LogP contribution in [0.1, 0.15) is 44.2 Å². The highest BCUT2D eigenvalue weighted by Crippen LogP contribution is 2.22. The molecule has 0 unspecified atom stereocenters. The molecule has 0 atom stereocenters. The maximum Gasteiger partial charge on any atom is 0.433 e. The lowest BCUT2D eigenvalue weighted by atomic mass is 10.0. The molecule has 0 aromatic carbocycles. The summed E-state index contributed by atoms with van der Waals surface area (Å²) in [6.07, 6.45) is 0.843. The van der Waals surface area contributed by atoms with E-state index in [4.69, 9.17) is 9.15 Å². The van der Waals surface area contributed by atoms with Crippen molar-refractivity contribution in [3.63, 3.8) is 0 Å². The largest absolute Gasteiger partial charge is 0.444 e. The zero-order valence-electron chi connectivity index (χ0n) is 14.9. The van der Waals surface area contributed by atoms with Gasteiger partial charge in [0.15, 0.2) is 5.76 Å². The minimum atomic E-state index is -0.684. The highest BCUT2D eigenvalue weighted by molar-refractivity contribution is 5.91. The second-order valence-corrected chi connectivity index (χ2v) is 7.01. The lowest BCUT2D eigenvalue weighted by Gasteiger charge is -2.37. The number of nitro groups is 1. The van der Waals surface area contributed by atoms with Gasteiger partial charge in [-0.25, -0.2) is 4.79 Å². The zero-order chi connectivity index (χ0) is 18.8. The highest BCUT2D eigenvalue weighted by Gasteiger charge is 2.31. The Kier molecular flexibility index (Phi) is 5.34. The van der Waals surface area contributed by atoms with Crippen LogP contribution < -0.4 is 0 Å². The van der Waals surface area contributed by atoms with Gasteiger partial charge < -0.3 is 19.0 Å². The fourth-order valence-electron chi connectivity index (χ4n) is 2.64. The van der Waals surface area contributed by atoms with E-state index in [-0.39, 0.29) is 17.9 Å². The molecule has 0 radical (unpaired) electrons. The van der Waals surface area contributed by atoms with Crippen LogP contribution in [0.4, 0.5) is 10.7 Å². The Morgan fingerprint density at radius 1 is 1.32 bits per heavy atom. The molecule has 2 heterocycles. The fourth-order valence-corrected chi connectivity index (χ4v) is 2.64. The lowest BCUT2D eigenvalue weighted by Crippen LogP contribution is -2.48. The van der Waals surface area contributed by atoms with Crippen molar-refractivity contribution in [1.29, 1.82) is 0 Å². The molecule has 0 N–H and O–H groups in total. The number of rotatable bonds is 3. The number of amides is 2. The van der Waals surface area contributed by atoms with E-state index in [9.17, 15) is 19.7 Å². The number of carbonyl (C=O) groups excluding carboxylic acids is 2. The van der Waals surface area contributed by atoms with Gasteiger partial charge >= 0.3 is 12.0 Å². The average molecular weight is 353 g/mol. The minimum absolute atomic E-state index is 0.0660. The van der Waals surface area contributed by atoms with E-state index < -0.39 is 22.3 Å². The summed E-state index contributed by atoms with van der Waals surface area (Å²) < 4.78 is 10.3. The number of furan rings is 1. The predicted molar refractivity (Wildman–Crippen MR) is 88.3 cm³/mol. The Morgan fingerprint density at radius 2 is 1.92 bits per heavy atom. The summed E-state index contributed by atoms with van der Waals surface area (Å²) in [5.74, 6) is -0.941. The maximum absolute atomic E-state index is 12.4. The first-order valence-electron chi connectivity index (χ1n) is 8.08. The summed E-state index contributed by atoms with van der Waals surface area (Å²) in [5, 5.41) is 10.6. The monoisotopic (exact) mass is 353 g/mol. The van der Waals surface area contributed by atoms with Crippen molar-refractivity contribution in [3.8, 4) is 0 Å². The van der Waals surface area contributed by atoms with Gasteiger partial charge in [0, 0.05) is 26.2 Å². The molecule has 1 saturated heterocycles. The van der Waals surface area contributed by atoms with Crippen LogP contribution in [0.25, 0.3) is 0 Å². The molecule has 9 nitrogen and oxygen atoms in total. The average Bonchev–Trinajstić information content (AvgIpc) is 3.02. The van der Waals surface area contributed by atoms with E-state index in [0.29, 0.717) is 25.9 Å². The molecule has 138 valence electrons. The molecule has 1 aromatic rings. The van der Waals surface area contributed by atoms with Crippen LogP contribution >= 0.6 is 0 Å². The first kappa shape index (κ1) is 18.8. The molecule has 1 aliphatic heterocycles. The minimum Gasteiger partial charge on any atom is -0.444 e. The molecule has 2 rings (SSSR count). The van der Waals surface area contributed by atoms with Gasteiger partial charge in [-0.3, -0.25) is 14.9 Å². The Bertz CT molecular complexity index is 655. The normalized spacial score (nSPS) is 15.8. The van der Waals surface area contributed by atoms with E-state index in [0.717, 1.165) is 6.07 Å². The van der Waals surface area contributed by atoms with Gasteiger partial charge in [0.05, 0.1) is 6.07 Å². The number of nitrogens with zero attached hydrogens (tertiary/aromatic N) is 3. The SMILES string of the molecule is CN(C(=O)c1ccc([N+](=O)[O-])o1)C1CCN(C(=O)OC(C)(C)C)CC1. The summed E-state index contributed by atoms with van der Waals surface area (Å²) in [4.78, 5) is 37.5. The molecule has 1 aromatic heterocycles. The van der Waals surface area contributed by atoms with Crippen LogP contribution in [0, 0.1) is 10.1 Å². The second-order valence-electron chi connectivity index (χ2n) is 7.01. The molecular formula is C16H23N3O6. The van der Waals surface area contributed by atoms with Crippen LogP contribution in [0.5, 0.6) is 0 Å². The number of likely N-dealkylation sites (tertiary alicyclic amines) is 1. The van der Waals surface area contributed by atoms with E-state index >= 15 is 0 Å². The number of piperidine rings is 1. The highest BCUT2D eigenvalue weighted by atomic mass is 16.6. The molecule has 0 bridgehead atoms. The van der Waals surface area contributed by atoms with Gasteiger partial charge in [0.25, 0.3) is 5.91 Å². The van der Waals surface area contributed by atoms with E-state index in [1.807, 2.05) is 20.8 Å². The van der Waals surface area contributed by atoms with Crippen molar-refractivity contribution in [3.05, 3.63) is 28.0 Å². The molecule has 0 aliphatic carbocycles. The van der Waals surface area contributed by atoms with Crippen LogP contribution in [-0.2, 0) is 4.74 Å². The fraction of sp³-hybridized carbons (Fsp3) is 0.625. The topological polar surface area (TPSA) is 106 Å². The second kappa shape index (κ2) is 7.12. The van der Waals surface area contributed by atoms with Crippen LogP contribution in [0.15, 0.2) is 16.5 Å². The van der Waals surface area contributed by atoms with Crippen LogP contribution in [-0.4, -0.2) is 58.5 Å². The summed E-state index contributed by atoms with van der Waals surface area (Å²) in [6.45, 7) is 6.40. The Balaban J connectivity index is 1.92. The van der Waals surface area contributed by atoms with Gasteiger partial charge in [-0.1, -0.05) is 0 Å². The van der Waals surface area contributed by atoms with Crippen molar-refractivity contribution in [2.45, 2.75) is 45.3 Å². The first-order chi connectivity index (χ1) is 11.6. The number of hydrogen-bond donors (Lipinski definition) is 0. The predicted octanol–water partition coefficient (Wildman–Crippen LogP) is 2.66. The van der Waals surface area contributed by atoms with Gasteiger partial charge in [-0.15, -0.1) is 0 Å². The lowest BCUT2D eigenvalue weighted by molar-refractivity contribution is -0.402. The third-order valence-electron chi connectivity index (χ3n) is 3.97. The van der Waals surface area contributed by atoms with Crippen LogP contribution in [0.3, 0.4) is 0 Å². The Labute approximate surface area is 145 Å². The maximum atomic E-state index is 12.4. The van der Waals surface area contributed by atoms with E-state index in [1.54, 1.807) is 11.9 Å². The number of hydrogen-bond acceptors (Lipinski definition) is 6. The van der Waals surface area contributed by atoms with Gasteiger partial charge in [0.1, 0.15) is 10.5 Å². The van der Waals surface area contributed by atoms with Crippen molar-refractivity contribution in [2.75, 3.05) is 20.1 Å². The van der Waals surface area contributed by atoms with Crippen molar-refractivity contribution in [1.82, 2.24) is 9.80 Å². The summed E-state index contributed by atoms with van der Waals surface area (Å²) in [6, 6.07) is 2.38. The quantitative estimate of drug-likeness (QED) is 0.611. The van der Waals surface area contributed by atoms with Gasteiger partial charge in [0.2, 0.25) is 0 Å². The molecule has 1 aliphatic rings. The molecule has 25 heavy (non-hydrogen) atoms. The summed E-state index contributed by atoms with van der Waals surface area (Å²) in [5.41, 5.74) is -0.547. The summed E-state index contributed by atoms with van der Waals surface area (Å²) >= 11 is 0. The molecule has 2 amide bonds. The molecule has 0 spiro atoms. The zero-order valence-corrected chi connectivity index (χ0v) is 14.9.